The number of hydrogen-bond donors (Lipinski definition) is 0. The molecule has 2 heterocycles. The quantitative estimate of drug-likeness (QED) is 0.819. The maximum absolute atomic E-state index is 12.8. The molecule has 142 valence electrons. The highest BCUT2D eigenvalue weighted by Crippen LogP contribution is 2.39. The number of likely N-dealkylation sites (N-methyl/N-ethyl adjacent to an activating group) is 1. The molecule has 0 radical (unpaired) electrons. The highest BCUT2D eigenvalue weighted by Gasteiger charge is 2.44. The molecule has 0 N–H and O–H groups in total. The third-order valence-electron chi connectivity index (χ3n) is 6.20. The Kier molecular flexibility index (Phi) is 4.80. The lowest BCUT2D eigenvalue weighted by molar-refractivity contribution is -0.129. The molecule has 0 bridgehead atoms. The van der Waals surface area contributed by atoms with E-state index in [-0.39, 0.29) is 18.8 Å². The number of fused-ring (bicyclic) bond motifs is 2. The largest absolute Gasteiger partial charge is 0.454 e. The van der Waals surface area contributed by atoms with Gasteiger partial charge in [-0.3, -0.25) is 4.79 Å². The Labute approximate surface area is 155 Å². The van der Waals surface area contributed by atoms with Gasteiger partial charge < -0.3 is 24.0 Å². The van der Waals surface area contributed by atoms with Gasteiger partial charge in [-0.15, -0.1) is 0 Å². The van der Waals surface area contributed by atoms with E-state index in [0.717, 1.165) is 43.0 Å². The molecule has 0 unspecified atom stereocenters. The SMILES string of the molecule is CO[C@@H]1C[C@H]2CN(C(=O)Cc3ccc4c(c3)OCO4)C[C@H]2C[C@H]1N(C)C. The summed E-state index contributed by atoms with van der Waals surface area (Å²) in [5, 5.41) is 0. The van der Waals surface area contributed by atoms with Crippen molar-refractivity contribution >= 4 is 5.91 Å². The standard InChI is InChI=1S/C20H28N2O4/c1-21(2)16-8-14-10-22(11-15(14)9-18(16)24-3)20(23)7-13-4-5-17-19(6-13)26-12-25-17/h4-6,14-16,18H,7-12H2,1-3H3/t14-,15+,16-,18-/m1/s1. The Balaban J connectivity index is 1.39. The summed E-state index contributed by atoms with van der Waals surface area (Å²) in [7, 11) is 6.04. The van der Waals surface area contributed by atoms with Gasteiger partial charge in [0.1, 0.15) is 0 Å². The van der Waals surface area contributed by atoms with Crippen LogP contribution in [0.2, 0.25) is 0 Å². The van der Waals surface area contributed by atoms with E-state index in [2.05, 4.69) is 19.0 Å². The molecule has 6 nitrogen and oxygen atoms in total. The van der Waals surface area contributed by atoms with Gasteiger partial charge in [-0.05, 0) is 56.5 Å². The number of amides is 1. The number of likely N-dealkylation sites (tertiary alicyclic amines) is 1. The molecular formula is C20H28N2O4. The first kappa shape index (κ1) is 17.6. The van der Waals surface area contributed by atoms with Gasteiger partial charge in [-0.25, -0.2) is 0 Å². The zero-order chi connectivity index (χ0) is 18.3. The minimum Gasteiger partial charge on any atom is -0.454 e. The van der Waals surface area contributed by atoms with E-state index in [1.165, 1.54) is 0 Å². The minimum atomic E-state index is 0.202. The minimum absolute atomic E-state index is 0.202. The second-order valence-corrected chi connectivity index (χ2v) is 7.96. The maximum Gasteiger partial charge on any atom is 0.231 e. The van der Waals surface area contributed by atoms with Crippen LogP contribution in [0.15, 0.2) is 18.2 Å². The van der Waals surface area contributed by atoms with Gasteiger partial charge >= 0.3 is 0 Å². The molecule has 3 aliphatic rings. The van der Waals surface area contributed by atoms with Gasteiger partial charge in [0.05, 0.1) is 12.5 Å². The van der Waals surface area contributed by atoms with Crippen LogP contribution in [0.5, 0.6) is 11.5 Å². The zero-order valence-corrected chi connectivity index (χ0v) is 15.8. The fourth-order valence-electron chi connectivity index (χ4n) is 4.73. The Hall–Kier alpha value is -1.79. The molecule has 0 aromatic heterocycles. The molecule has 6 heteroatoms. The van der Waals surface area contributed by atoms with Crippen molar-refractivity contribution < 1.29 is 19.0 Å². The van der Waals surface area contributed by atoms with E-state index in [1.54, 1.807) is 7.11 Å². The average Bonchev–Trinajstić information content (AvgIpc) is 3.25. The Morgan fingerprint density at radius 3 is 2.65 bits per heavy atom. The van der Waals surface area contributed by atoms with Crippen molar-refractivity contribution in [3.05, 3.63) is 23.8 Å². The van der Waals surface area contributed by atoms with Gasteiger partial charge in [-0.2, -0.15) is 0 Å². The molecule has 26 heavy (non-hydrogen) atoms. The highest BCUT2D eigenvalue weighted by atomic mass is 16.7. The van der Waals surface area contributed by atoms with Crippen LogP contribution < -0.4 is 9.47 Å². The first-order valence-electron chi connectivity index (χ1n) is 9.40. The second kappa shape index (κ2) is 7.08. The molecule has 1 amide bonds. The summed E-state index contributed by atoms with van der Waals surface area (Å²) in [6.07, 6.45) is 2.82. The maximum atomic E-state index is 12.8. The van der Waals surface area contributed by atoms with Gasteiger partial charge in [0.2, 0.25) is 12.7 Å². The Morgan fingerprint density at radius 1 is 1.19 bits per heavy atom. The average molecular weight is 360 g/mol. The molecular weight excluding hydrogens is 332 g/mol. The van der Waals surface area contributed by atoms with Crippen molar-refractivity contribution in [2.45, 2.75) is 31.4 Å². The lowest BCUT2D eigenvalue weighted by Gasteiger charge is -2.40. The van der Waals surface area contributed by atoms with Crippen LogP contribution in [0.3, 0.4) is 0 Å². The van der Waals surface area contributed by atoms with Crippen molar-refractivity contribution in [3.8, 4) is 11.5 Å². The first-order valence-corrected chi connectivity index (χ1v) is 9.40. The summed E-state index contributed by atoms with van der Waals surface area (Å²) in [4.78, 5) is 17.1. The summed E-state index contributed by atoms with van der Waals surface area (Å²) in [6, 6.07) is 6.20. The molecule has 1 saturated heterocycles. The third kappa shape index (κ3) is 3.28. The number of nitrogens with zero attached hydrogens (tertiary/aromatic N) is 2. The van der Waals surface area contributed by atoms with Crippen LogP contribution in [0.25, 0.3) is 0 Å². The van der Waals surface area contributed by atoms with Crippen LogP contribution >= 0.6 is 0 Å². The number of carbonyl (C=O) groups is 1. The third-order valence-corrected chi connectivity index (χ3v) is 6.20. The van der Waals surface area contributed by atoms with E-state index < -0.39 is 0 Å². The van der Waals surface area contributed by atoms with E-state index >= 15 is 0 Å². The predicted octanol–water partition coefficient (Wildman–Crippen LogP) is 1.77. The number of benzene rings is 1. The Morgan fingerprint density at radius 2 is 1.92 bits per heavy atom. The fraction of sp³-hybridized carbons (Fsp3) is 0.650. The van der Waals surface area contributed by atoms with E-state index in [4.69, 9.17) is 14.2 Å². The predicted molar refractivity (Wildman–Crippen MR) is 97.3 cm³/mol. The molecule has 1 aromatic rings. The number of ether oxygens (including phenoxy) is 3. The molecule has 1 aliphatic carbocycles. The van der Waals surface area contributed by atoms with Crippen molar-refractivity contribution in [2.24, 2.45) is 11.8 Å². The van der Waals surface area contributed by atoms with Crippen LogP contribution in [0, 0.1) is 11.8 Å². The van der Waals surface area contributed by atoms with Gasteiger partial charge in [-0.1, -0.05) is 6.07 Å². The fourth-order valence-corrected chi connectivity index (χ4v) is 4.73. The molecule has 1 saturated carbocycles. The lowest BCUT2D eigenvalue weighted by atomic mass is 9.77. The lowest BCUT2D eigenvalue weighted by Crippen LogP contribution is -2.47. The summed E-state index contributed by atoms with van der Waals surface area (Å²) in [5.74, 6) is 2.83. The van der Waals surface area contributed by atoms with E-state index in [9.17, 15) is 4.79 Å². The van der Waals surface area contributed by atoms with Crippen molar-refractivity contribution in [1.29, 1.82) is 0 Å². The number of carbonyl (C=O) groups excluding carboxylic acids is 1. The molecule has 1 aromatic carbocycles. The highest BCUT2D eigenvalue weighted by molar-refractivity contribution is 5.79. The van der Waals surface area contributed by atoms with Gasteiger partial charge in [0.15, 0.2) is 11.5 Å². The first-order chi connectivity index (χ1) is 12.5. The van der Waals surface area contributed by atoms with Gasteiger partial charge in [0.25, 0.3) is 0 Å². The van der Waals surface area contributed by atoms with E-state index in [1.807, 2.05) is 23.1 Å². The Bertz CT molecular complexity index is 678. The summed E-state index contributed by atoms with van der Waals surface area (Å²) < 4.78 is 16.5. The molecule has 2 fully saturated rings. The van der Waals surface area contributed by atoms with Crippen LogP contribution in [0.4, 0.5) is 0 Å². The van der Waals surface area contributed by atoms with Gasteiger partial charge in [0, 0.05) is 26.2 Å². The van der Waals surface area contributed by atoms with Crippen molar-refractivity contribution in [2.75, 3.05) is 41.1 Å². The second-order valence-electron chi connectivity index (χ2n) is 7.96. The van der Waals surface area contributed by atoms with Crippen molar-refractivity contribution in [1.82, 2.24) is 9.80 Å². The van der Waals surface area contributed by atoms with Crippen LogP contribution in [0.1, 0.15) is 18.4 Å². The number of rotatable bonds is 4. The number of methoxy groups -OCH3 is 1. The monoisotopic (exact) mass is 360 g/mol. The molecule has 4 rings (SSSR count). The van der Waals surface area contributed by atoms with Crippen LogP contribution in [-0.2, 0) is 16.0 Å². The normalized spacial score (nSPS) is 29.9. The molecule has 0 spiro atoms. The topological polar surface area (TPSA) is 51.2 Å². The number of hydrogen-bond acceptors (Lipinski definition) is 5. The smallest absolute Gasteiger partial charge is 0.231 e. The van der Waals surface area contributed by atoms with E-state index in [0.29, 0.717) is 24.3 Å². The summed E-state index contributed by atoms with van der Waals surface area (Å²) in [6.45, 7) is 1.98. The molecule has 4 atom stereocenters. The van der Waals surface area contributed by atoms with Crippen molar-refractivity contribution in [3.63, 3.8) is 0 Å². The zero-order valence-electron chi connectivity index (χ0n) is 15.8. The summed E-state index contributed by atoms with van der Waals surface area (Å²) >= 11 is 0. The molecule has 2 aliphatic heterocycles. The van der Waals surface area contributed by atoms with Crippen LogP contribution in [-0.4, -0.2) is 68.9 Å². The summed E-state index contributed by atoms with van der Waals surface area (Å²) in [5.41, 5.74) is 0.982.